The molecule has 0 aliphatic carbocycles. The topological polar surface area (TPSA) is 92.3 Å². The van der Waals surface area contributed by atoms with Crippen molar-refractivity contribution in [2.45, 2.75) is 19.4 Å². The van der Waals surface area contributed by atoms with Crippen LogP contribution in [-0.2, 0) is 27.5 Å². The van der Waals surface area contributed by atoms with Crippen LogP contribution in [0.4, 0.5) is 4.79 Å². The second kappa shape index (κ2) is 11.2. The van der Waals surface area contributed by atoms with Gasteiger partial charge in [0.2, 0.25) is 0 Å². The summed E-state index contributed by atoms with van der Waals surface area (Å²) in [6, 6.07) is 0.542. The second-order valence-corrected chi connectivity index (χ2v) is 7.47. The lowest BCUT2D eigenvalue weighted by Gasteiger charge is -2.24. The molecular formula is C13H25NO7Si. The molecule has 0 unspecified atom stereocenters. The van der Waals surface area contributed by atoms with Crippen molar-refractivity contribution in [1.82, 2.24) is 5.32 Å². The predicted molar refractivity (Wildman–Crippen MR) is 81.3 cm³/mol. The summed E-state index contributed by atoms with van der Waals surface area (Å²) in [5, 5.41) is 2.47. The van der Waals surface area contributed by atoms with Gasteiger partial charge in [-0.3, -0.25) is 0 Å². The largest absolute Gasteiger partial charge is 0.500 e. The maximum absolute atomic E-state index is 11.4. The molecule has 0 saturated carbocycles. The first-order valence-electron chi connectivity index (χ1n) is 6.79. The molecule has 1 amide bonds. The first-order valence-corrected chi connectivity index (χ1v) is 8.72. The molecule has 8 nitrogen and oxygen atoms in total. The molecule has 0 radical (unpaired) electrons. The molecule has 0 saturated heterocycles. The second-order valence-electron chi connectivity index (χ2n) is 4.38. The lowest BCUT2D eigenvalue weighted by atomic mass is 10.4. The average molecular weight is 335 g/mol. The van der Waals surface area contributed by atoms with Crippen molar-refractivity contribution in [2.24, 2.45) is 0 Å². The van der Waals surface area contributed by atoms with E-state index >= 15 is 0 Å². The minimum atomic E-state index is -2.62. The number of carbonyl (C=O) groups is 2. The third kappa shape index (κ3) is 8.13. The third-order valence-corrected chi connectivity index (χ3v) is 5.58. The molecule has 0 rings (SSSR count). The molecule has 0 aliphatic heterocycles. The maximum atomic E-state index is 11.4. The highest BCUT2D eigenvalue weighted by Crippen LogP contribution is 2.14. The van der Waals surface area contributed by atoms with E-state index in [1.54, 1.807) is 6.92 Å². The van der Waals surface area contributed by atoms with Gasteiger partial charge in [-0.2, -0.15) is 0 Å². The molecule has 0 aliphatic rings. The summed E-state index contributed by atoms with van der Waals surface area (Å²) in [7, 11) is 1.96. The normalized spacial score (nSPS) is 10.9. The molecule has 1 N–H and O–H groups in total. The fourth-order valence-corrected chi connectivity index (χ4v) is 3.17. The summed E-state index contributed by atoms with van der Waals surface area (Å²) in [6.07, 6.45) is -0.0225. The van der Waals surface area contributed by atoms with Crippen LogP contribution in [0, 0.1) is 0 Å². The van der Waals surface area contributed by atoms with E-state index in [0.717, 1.165) is 0 Å². The third-order valence-electron chi connectivity index (χ3n) is 2.75. The first kappa shape index (κ1) is 20.6. The number of rotatable bonds is 11. The van der Waals surface area contributed by atoms with Gasteiger partial charge in [-0.1, -0.05) is 6.58 Å². The maximum Gasteiger partial charge on any atom is 0.500 e. The molecule has 0 fully saturated rings. The van der Waals surface area contributed by atoms with Gasteiger partial charge in [0.15, 0.2) is 0 Å². The van der Waals surface area contributed by atoms with Crippen LogP contribution in [0.1, 0.15) is 13.3 Å². The number of nitrogens with one attached hydrogen (secondary N) is 1. The number of esters is 1. The standard InChI is InChI=1S/C13H25NO7Si/c1-11(2)12(15)20-9-7-14-13(16)21-8-6-10-22(17-3,18-4)19-5/h1,6-10H2,2-5H3,(H,14,16). The van der Waals surface area contributed by atoms with Gasteiger partial charge in [0.25, 0.3) is 0 Å². The van der Waals surface area contributed by atoms with Crippen molar-refractivity contribution in [2.75, 3.05) is 41.1 Å². The van der Waals surface area contributed by atoms with Gasteiger partial charge in [0.1, 0.15) is 6.61 Å². The fraction of sp³-hybridized carbons (Fsp3) is 0.692. The zero-order valence-corrected chi connectivity index (χ0v) is 14.6. The molecule has 22 heavy (non-hydrogen) atoms. The monoisotopic (exact) mass is 335 g/mol. The number of ether oxygens (including phenoxy) is 2. The van der Waals surface area contributed by atoms with Gasteiger partial charge in [0, 0.05) is 32.9 Å². The van der Waals surface area contributed by atoms with Gasteiger partial charge < -0.3 is 28.1 Å². The molecule has 0 atom stereocenters. The van der Waals surface area contributed by atoms with E-state index in [1.165, 1.54) is 21.3 Å². The Hall–Kier alpha value is -1.42. The van der Waals surface area contributed by atoms with Gasteiger partial charge in [-0.15, -0.1) is 0 Å². The first-order chi connectivity index (χ1) is 10.4. The molecule has 0 aromatic carbocycles. The summed E-state index contributed by atoms with van der Waals surface area (Å²) in [5.74, 6) is -0.491. The van der Waals surface area contributed by atoms with E-state index in [0.29, 0.717) is 18.0 Å². The van der Waals surface area contributed by atoms with E-state index in [-0.39, 0.29) is 19.8 Å². The van der Waals surface area contributed by atoms with Gasteiger partial charge in [-0.25, -0.2) is 9.59 Å². The van der Waals surface area contributed by atoms with Gasteiger partial charge in [-0.05, 0) is 13.3 Å². The molecule has 0 bridgehead atoms. The zero-order valence-electron chi connectivity index (χ0n) is 13.6. The van der Waals surface area contributed by atoms with Crippen molar-refractivity contribution in [3.63, 3.8) is 0 Å². The van der Waals surface area contributed by atoms with Crippen molar-refractivity contribution in [1.29, 1.82) is 0 Å². The lowest BCUT2D eigenvalue weighted by Crippen LogP contribution is -2.42. The number of carbonyl (C=O) groups excluding carboxylic acids is 2. The summed E-state index contributed by atoms with van der Waals surface area (Å²) < 4.78 is 25.5. The Bertz CT molecular complexity index is 363. The van der Waals surface area contributed by atoms with E-state index in [2.05, 4.69) is 11.9 Å². The molecule has 0 aromatic rings. The quantitative estimate of drug-likeness (QED) is 0.261. The molecule has 9 heteroatoms. The molecule has 0 heterocycles. The lowest BCUT2D eigenvalue weighted by molar-refractivity contribution is -0.138. The highest BCUT2D eigenvalue weighted by molar-refractivity contribution is 6.60. The van der Waals surface area contributed by atoms with Crippen LogP contribution in [0.3, 0.4) is 0 Å². The van der Waals surface area contributed by atoms with Crippen molar-refractivity contribution < 1.29 is 32.3 Å². The van der Waals surface area contributed by atoms with Crippen LogP contribution in [-0.4, -0.2) is 62.0 Å². The Morgan fingerprint density at radius 3 is 2.14 bits per heavy atom. The Labute approximate surface area is 132 Å². The molecular weight excluding hydrogens is 310 g/mol. The van der Waals surface area contributed by atoms with Crippen LogP contribution < -0.4 is 5.32 Å². The fourth-order valence-electron chi connectivity index (χ4n) is 1.48. The zero-order chi connectivity index (χ0) is 17.0. The molecule has 128 valence electrons. The van der Waals surface area contributed by atoms with Gasteiger partial charge in [0.05, 0.1) is 13.2 Å². The van der Waals surface area contributed by atoms with Crippen LogP contribution in [0.5, 0.6) is 0 Å². The van der Waals surface area contributed by atoms with Gasteiger partial charge >= 0.3 is 20.9 Å². The predicted octanol–water partition coefficient (Wildman–Crippen LogP) is 1.10. The Morgan fingerprint density at radius 1 is 1.05 bits per heavy atom. The minimum absolute atomic E-state index is 0.0633. The van der Waals surface area contributed by atoms with Crippen molar-refractivity contribution >= 4 is 20.9 Å². The van der Waals surface area contributed by atoms with Crippen LogP contribution >= 0.6 is 0 Å². The summed E-state index contributed by atoms with van der Waals surface area (Å²) >= 11 is 0. The van der Waals surface area contributed by atoms with E-state index < -0.39 is 20.9 Å². The Morgan fingerprint density at radius 2 is 1.64 bits per heavy atom. The smallest absolute Gasteiger partial charge is 0.460 e. The number of alkyl carbamates (subject to hydrolysis) is 1. The summed E-state index contributed by atoms with van der Waals surface area (Å²) in [4.78, 5) is 22.5. The minimum Gasteiger partial charge on any atom is -0.460 e. The van der Waals surface area contributed by atoms with E-state index in [9.17, 15) is 9.59 Å². The summed E-state index contributed by atoms with van der Waals surface area (Å²) in [6.45, 7) is 5.44. The molecule has 0 aromatic heterocycles. The highest BCUT2D eigenvalue weighted by atomic mass is 28.4. The van der Waals surface area contributed by atoms with Crippen LogP contribution in [0.25, 0.3) is 0 Å². The highest BCUT2D eigenvalue weighted by Gasteiger charge is 2.36. The number of hydrogen-bond acceptors (Lipinski definition) is 7. The van der Waals surface area contributed by atoms with Crippen LogP contribution in [0.15, 0.2) is 12.2 Å². The Balaban J connectivity index is 3.74. The van der Waals surface area contributed by atoms with Crippen LogP contribution in [0.2, 0.25) is 6.04 Å². The SMILES string of the molecule is C=C(C)C(=O)OCCNC(=O)OCCC[Si](OC)(OC)OC. The van der Waals surface area contributed by atoms with Crippen molar-refractivity contribution in [3.05, 3.63) is 12.2 Å². The van der Waals surface area contributed by atoms with E-state index in [1.807, 2.05) is 0 Å². The van der Waals surface area contributed by atoms with Crippen molar-refractivity contribution in [3.8, 4) is 0 Å². The number of amides is 1. The average Bonchev–Trinajstić information content (AvgIpc) is 2.52. The summed E-state index contributed by atoms with van der Waals surface area (Å²) in [5.41, 5.74) is 0.310. The van der Waals surface area contributed by atoms with E-state index in [4.69, 9.17) is 22.8 Å². The Kier molecular flexibility index (Phi) is 10.5. The molecule has 0 spiro atoms. The number of hydrogen-bond donors (Lipinski definition) is 1.